The Kier molecular flexibility index (Phi) is 7.85. The van der Waals surface area contributed by atoms with Gasteiger partial charge in [-0.05, 0) is 18.9 Å². The molecule has 0 atom stereocenters. The van der Waals surface area contributed by atoms with Crippen molar-refractivity contribution in [1.29, 1.82) is 0 Å². The van der Waals surface area contributed by atoms with Crippen molar-refractivity contribution in [3.8, 4) is 0 Å². The van der Waals surface area contributed by atoms with E-state index in [1.165, 1.54) is 19.3 Å². The van der Waals surface area contributed by atoms with Crippen molar-refractivity contribution < 1.29 is 13.9 Å². The quantitative estimate of drug-likeness (QED) is 0.881. The van der Waals surface area contributed by atoms with Crippen LogP contribution in [0.4, 0.5) is 11.4 Å². The van der Waals surface area contributed by atoms with Crippen LogP contribution in [0.1, 0.15) is 32.1 Å². The van der Waals surface area contributed by atoms with Gasteiger partial charge in [0.1, 0.15) is 0 Å². The average molecular weight is 324 g/mol. The summed E-state index contributed by atoms with van der Waals surface area (Å²) in [5, 5.41) is 3.38. The Labute approximate surface area is 126 Å². The molecule has 0 amide bonds. The third kappa shape index (κ3) is 5.94. The van der Waals surface area contributed by atoms with Crippen LogP contribution in [0.15, 0.2) is 18.5 Å². The molecule has 6 nitrogen and oxygen atoms in total. The molecule has 20 heavy (non-hydrogen) atoms. The molecule has 0 saturated heterocycles. The Morgan fingerprint density at radius 1 is 1.20 bits per heavy atom. The van der Waals surface area contributed by atoms with E-state index in [4.69, 9.17) is 0 Å². The Morgan fingerprint density at radius 3 is 2.45 bits per heavy atom. The van der Waals surface area contributed by atoms with Crippen molar-refractivity contribution in [1.82, 2.24) is 4.98 Å². The van der Waals surface area contributed by atoms with Gasteiger partial charge in [0, 0.05) is 12.2 Å². The largest absolute Gasteiger partial charge is 0.412 e. The minimum atomic E-state index is -3.26. The summed E-state index contributed by atoms with van der Waals surface area (Å²) in [6.45, 7) is 0. The molecule has 4 N–H and O–H groups in total. The fraction of sp³-hybridized carbons (Fsp3) is 0.583. The normalized spacial score (nSPS) is 15.7. The van der Waals surface area contributed by atoms with Crippen LogP contribution in [-0.4, -0.2) is 31.2 Å². The van der Waals surface area contributed by atoms with E-state index in [1.54, 1.807) is 18.5 Å². The molecule has 8 heteroatoms. The fourth-order valence-corrected chi connectivity index (χ4v) is 2.84. The summed E-state index contributed by atoms with van der Waals surface area (Å²) in [4.78, 5) is 4.04. The second kappa shape index (κ2) is 8.28. The first-order valence-corrected chi connectivity index (χ1v) is 8.12. The topological polar surface area (TPSA) is 103 Å². The molecule has 0 bridgehead atoms. The number of hydrogen-bond donors (Lipinski definition) is 2. The second-order valence-corrected chi connectivity index (χ2v) is 6.52. The maximum Gasteiger partial charge on any atom is 0.229 e. The summed E-state index contributed by atoms with van der Waals surface area (Å²) >= 11 is 0. The maximum atomic E-state index is 11.3. The van der Waals surface area contributed by atoms with Gasteiger partial charge in [-0.25, -0.2) is 8.42 Å². The van der Waals surface area contributed by atoms with Gasteiger partial charge in [0.15, 0.2) is 0 Å². The van der Waals surface area contributed by atoms with E-state index >= 15 is 0 Å². The van der Waals surface area contributed by atoms with E-state index in [-0.39, 0.29) is 17.9 Å². The number of nitrogens with zero attached hydrogens (tertiary/aromatic N) is 1. The first kappa shape index (κ1) is 18.9. The van der Waals surface area contributed by atoms with E-state index in [2.05, 4.69) is 15.0 Å². The lowest BCUT2D eigenvalue weighted by atomic mass is 9.95. The molecule has 2 rings (SSSR count). The van der Waals surface area contributed by atoms with E-state index in [1.807, 2.05) is 0 Å². The van der Waals surface area contributed by atoms with Gasteiger partial charge in [-0.15, -0.1) is 12.4 Å². The van der Waals surface area contributed by atoms with Crippen LogP contribution in [0.2, 0.25) is 0 Å². The molecule has 1 aliphatic rings. The summed E-state index contributed by atoms with van der Waals surface area (Å²) in [5.74, 6) is 0. The van der Waals surface area contributed by atoms with Gasteiger partial charge in [0.2, 0.25) is 10.0 Å². The maximum absolute atomic E-state index is 11.3. The average Bonchev–Trinajstić information content (AvgIpc) is 2.31. The summed E-state index contributed by atoms with van der Waals surface area (Å²) in [7, 11) is -3.26. The molecular formula is C12H22ClN3O3S. The van der Waals surface area contributed by atoms with Crippen molar-refractivity contribution in [2.75, 3.05) is 16.3 Å². The van der Waals surface area contributed by atoms with E-state index < -0.39 is 10.0 Å². The van der Waals surface area contributed by atoms with Gasteiger partial charge in [0.25, 0.3) is 0 Å². The van der Waals surface area contributed by atoms with E-state index in [9.17, 15) is 8.42 Å². The smallest absolute Gasteiger partial charge is 0.229 e. The number of sulfonamides is 1. The van der Waals surface area contributed by atoms with Crippen LogP contribution < -0.4 is 10.0 Å². The lowest BCUT2D eigenvalue weighted by Crippen LogP contribution is -2.23. The number of anilines is 2. The highest BCUT2D eigenvalue weighted by Crippen LogP contribution is 2.26. The molecule has 1 aromatic rings. The monoisotopic (exact) mass is 323 g/mol. The zero-order valence-corrected chi connectivity index (χ0v) is 13.1. The van der Waals surface area contributed by atoms with Gasteiger partial charge in [-0.2, -0.15) is 0 Å². The Morgan fingerprint density at radius 2 is 1.85 bits per heavy atom. The van der Waals surface area contributed by atoms with Crippen LogP contribution in [0, 0.1) is 0 Å². The molecule has 1 saturated carbocycles. The summed E-state index contributed by atoms with van der Waals surface area (Å²) < 4.78 is 25.1. The predicted octanol–water partition coefficient (Wildman–Crippen LogP) is 1.79. The number of pyridine rings is 1. The summed E-state index contributed by atoms with van der Waals surface area (Å²) in [5.41, 5.74) is 1.33. The lowest BCUT2D eigenvalue weighted by molar-refractivity contribution is 0.463. The number of halogens is 1. The zero-order chi connectivity index (χ0) is 13.0. The van der Waals surface area contributed by atoms with Gasteiger partial charge >= 0.3 is 0 Å². The minimum Gasteiger partial charge on any atom is -0.412 e. The highest BCUT2D eigenvalue weighted by Gasteiger charge is 2.15. The lowest BCUT2D eigenvalue weighted by Gasteiger charge is -2.24. The summed E-state index contributed by atoms with van der Waals surface area (Å²) in [6.07, 6.45) is 10.4. The number of nitrogens with one attached hydrogen (secondary N) is 2. The highest BCUT2D eigenvalue weighted by atomic mass is 35.5. The third-order valence-corrected chi connectivity index (χ3v) is 3.67. The van der Waals surface area contributed by atoms with Gasteiger partial charge < -0.3 is 10.8 Å². The summed E-state index contributed by atoms with van der Waals surface area (Å²) in [6, 6.07) is 2.09. The van der Waals surface area contributed by atoms with Gasteiger partial charge in [-0.3, -0.25) is 9.71 Å². The van der Waals surface area contributed by atoms with Crippen molar-refractivity contribution >= 4 is 33.8 Å². The Balaban J connectivity index is 0.00000180. The van der Waals surface area contributed by atoms with Crippen LogP contribution >= 0.6 is 12.4 Å². The first-order valence-electron chi connectivity index (χ1n) is 6.23. The van der Waals surface area contributed by atoms with Crippen molar-refractivity contribution in [3.05, 3.63) is 18.5 Å². The molecule has 0 unspecified atom stereocenters. The molecule has 0 radical (unpaired) electrons. The molecule has 1 fully saturated rings. The second-order valence-electron chi connectivity index (χ2n) is 4.77. The number of hydrogen-bond acceptors (Lipinski definition) is 4. The van der Waals surface area contributed by atoms with Crippen LogP contribution in [0.5, 0.6) is 0 Å². The molecule has 1 aromatic heterocycles. The fourth-order valence-electron chi connectivity index (χ4n) is 2.27. The van der Waals surface area contributed by atoms with Crippen molar-refractivity contribution in [2.45, 2.75) is 38.1 Å². The highest BCUT2D eigenvalue weighted by molar-refractivity contribution is 7.92. The molecule has 116 valence electrons. The zero-order valence-electron chi connectivity index (χ0n) is 11.4. The Hall–Kier alpha value is -1.05. The molecule has 0 aliphatic heterocycles. The van der Waals surface area contributed by atoms with Crippen LogP contribution in [0.3, 0.4) is 0 Å². The van der Waals surface area contributed by atoms with Crippen LogP contribution in [0.25, 0.3) is 0 Å². The van der Waals surface area contributed by atoms with Crippen LogP contribution in [-0.2, 0) is 10.0 Å². The molecule has 1 heterocycles. The molecular weight excluding hydrogens is 302 g/mol. The predicted molar refractivity (Wildman–Crippen MR) is 84.1 cm³/mol. The Bertz CT molecular complexity index is 504. The first-order chi connectivity index (χ1) is 8.54. The standard InChI is InChI=1S/C12H19N3O2S.ClH.H2O/c1-18(16,17)15-11-7-8-13-9-12(11)14-10-5-3-2-4-6-10;;/h7-10,14H,2-6H2,1H3,(H,13,15);1H;1H2. The van der Waals surface area contributed by atoms with Gasteiger partial charge in [0.05, 0.1) is 23.8 Å². The number of aromatic nitrogens is 1. The molecule has 0 aromatic carbocycles. The number of rotatable bonds is 4. The van der Waals surface area contributed by atoms with E-state index in [0.29, 0.717) is 11.7 Å². The van der Waals surface area contributed by atoms with E-state index in [0.717, 1.165) is 24.8 Å². The minimum absolute atomic E-state index is 0. The van der Waals surface area contributed by atoms with Crippen molar-refractivity contribution in [3.63, 3.8) is 0 Å². The SMILES string of the molecule is CS(=O)(=O)Nc1ccncc1NC1CCCCC1.Cl.O. The third-order valence-electron chi connectivity index (χ3n) is 3.08. The molecule has 0 spiro atoms. The van der Waals surface area contributed by atoms with Gasteiger partial charge in [-0.1, -0.05) is 19.3 Å². The molecule has 1 aliphatic carbocycles. The van der Waals surface area contributed by atoms with Crippen molar-refractivity contribution in [2.24, 2.45) is 0 Å².